The van der Waals surface area contributed by atoms with Crippen LogP contribution >= 0.6 is 35.8 Å². The third kappa shape index (κ3) is 5.26. The van der Waals surface area contributed by atoms with Crippen molar-refractivity contribution in [2.75, 3.05) is 13.2 Å². The fraction of sp³-hybridized carbons (Fsp3) is 0.346. The minimum absolute atomic E-state index is 0.00154. The standard InChI is InChI=1S/C26H27ClN2O4S2/c1-25(2,3)33-13-12-32-22-10-6-9-21(28-22)26(17-11-14-35-16-17)15-20(30)23(24(31)29(26)34)18-7-4-5-8-19(18)27/h4-11,14,16,23,34H,12-13,15H2,1-3H3. The first kappa shape index (κ1) is 25.7. The molecule has 4 rings (SSSR count). The van der Waals surface area contributed by atoms with Crippen LogP contribution in [0.5, 0.6) is 5.88 Å². The molecule has 1 amide bonds. The molecule has 1 saturated heterocycles. The zero-order valence-electron chi connectivity index (χ0n) is 19.7. The van der Waals surface area contributed by atoms with Crippen LogP contribution in [0.25, 0.3) is 0 Å². The van der Waals surface area contributed by atoms with Crippen LogP contribution in [-0.2, 0) is 19.9 Å². The van der Waals surface area contributed by atoms with E-state index in [2.05, 4.69) is 12.8 Å². The van der Waals surface area contributed by atoms with Gasteiger partial charge < -0.3 is 9.47 Å². The van der Waals surface area contributed by atoms with Crippen LogP contribution in [0.3, 0.4) is 0 Å². The Hall–Kier alpha value is -2.39. The number of pyridine rings is 1. The highest BCUT2D eigenvalue weighted by Crippen LogP contribution is 2.48. The van der Waals surface area contributed by atoms with Gasteiger partial charge in [0.25, 0.3) is 0 Å². The van der Waals surface area contributed by atoms with Crippen molar-refractivity contribution in [2.45, 2.75) is 44.2 Å². The summed E-state index contributed by atoms with van der Waals surface area (Å²) in [5, 5.41) is 4.18. The number of amides is 1. The number of rotatable bonds is 7. The van der Waals surface area contributed by atoms with Gasteiger partial charge in [0.2, 0.25) is 11.8 Å². The molecule has 6 nitrogen and oxygen atoms in total. The summed E-state index contributed by atoms with van der Waals surface area (Å²) in [6.45, 7) is 6.65. The minimum Gasteiger partial charge on any atom is -0.475 e. The Labute approximate surface area is 219 Å². The summed E-state index contributed by atoms with van der Waals surface area (Å²) < 4.78 is 12.9. The van der Waals surface area contributed by atoms with Crippen LogP contribution in [0, 0.1) is 0 Å². The van der Waals surface area contributed by atoms with Gasteiger partial charge >= 0.3 is 0 Å². The molecule has 0 aliphatic carbocycles. The maximum atomic E-state index is 13.7. The second kappa shape index (κ2) is 10.3. The van der Waals surface area contributed by atoms with Gasteiger partial charge in [0.15, 0.2) is 5.78 Å². The van der Waals surface area contributed by atoms with Gasteiger partial charge in [0, 0.05) is 17.5 Å². The second-order valence-corrected chi connectivity index (χ2v) is 10.9. The number of Topliss-reactive ketones (excluding diaryl/α,β-unsaturated/α-hetero) is 1. The van der Waals surface area contributed by atoms with Crippen molar-refractivity contribution >= 4 is 47.4 Å². The molecule has 9 heteroatoms. The van der Waals surface area contributed by atoms with Crippen LogP contribution in [0.2, 0.25) is 5.02 Å². The molecule has 0 N–H and O–H groups in total. The molecule has 1 aliphatic heterocycles. The number of nitrogens with zero attached hydrogens (tertiary/aromatic N) is 2. The van der Waals surface area contributed by atoms with Crippen molar-refractivity contribution in [3.8, 4) is 5.88 Å². The Morgan fingerprint density at radius 1 is 1.14 bits per heavy atom. The average molecular weight is 531 g/mol. The highest BCUT2D eigenvalue weighted by molar-refractivity contribution is 7.78. The number of thiophene rings is 1. The van der Waals surface area contributed by atoms with Crippen LogP contribution in [0.1, 0.15) is 49.9 Å². The normalized spacial score (nSPS) is 20.8. The lowest BCUT2D eigenvalue weighted by Crippen LogP contribution is -2.54. The number of ether oxygens (including phenoxy) is 2. The maximum Gasteiger partial charge on any atom is 0.248 e. The first-order chi connectivity index (χ1) is 16.6. The summed E-state index contributed by atoms with van der Waals surface area (Å²) in [4.78, 5) is 31.9. The molecule has 2 aromatic heterocycles. The molecule has 1 aliphatic rings. The Bertz CT molecular complexity index is 1210. The second-order valence-electron chi connectivity index (χ2n) is 9.29. The third-order valence-electron chi connectivity index (χ3n) is 5.80. The highest BCUT2D eigenvalue weighted by atomic mass is 35.5. The molecule has 3 heterocycles. The van der Waals surface area contributed by atoms with E-state index in [0.29, 0.717) is 35.4 Å². The van der Waals surface area contributed by atoms with E-state index in [4.69, 9.17) is 26.1 Å². The minimum atomic E-state index is -1.18. The number of piperidine rings is 1. The van der Waals surface area contributed by atoms with Gasteiger partial charge in [-0.05, 0) is 60.9 Å². The number of hydrogen-bond donors (Lipinski definition) is 1. The number of benzene rings is 1. The molecule has 0 bridgehead atoms. The highest BCUT2D eigenvalue weighted by Gasteiger charge is 2.53. The maximum absolute atomic E-state index is 13.7. The molecule has 1 fully saturated rings. The first-order valence-electron chi connectivity index (χ1n) is 11.2. The first-order valence-corrected chi connectivity index (χ1v) is 12.9. The molecule has 2 atom stereocenters. The van der Waals surface area contributed by atoms with Crippen molar-refractivity contribution < 1.29 is 19.1 Å². The molecule has 35 heavy (non-hydrogen) atoms. The summed E-state index contributed by atoms with van der Waals surface area (Å²) >= 11 is 12.5. The molecule has 3 aromatic rings. The molecule has 0 spiro atoms. The van der Waals surface area contributed by atoms with Crippen molar-refractivity contribution in [2.24, 2.45) is 0 Å². The number of ketones is 1. The van der Waals surface area contributed by atoms with Crippen LogP contribution in [0.15, 0.2) is 59.3 Å². The third-order valence-corrected chi connectivity index (χ3v) is 7.37. The molecule has 0 saturated carbocycles. The van der Waals surface area contributed by atoms with Crippen molar-refractivity contribution in [1.82, 2.24) is 9.29 Å². The molecule has 1 aromatic carbocycles. The molecular weight excluding hydrogens is 504 g/mol. The van der Waals surface area contributed by atoms with Gasteiger partial charge in [-0.3, -0.25) is 13.9 Å². The molecular formula is C26H27ClN2O4S2. The van der Waals surface area contributed by atoms with Crippen LogP contribution in [-0.4, -0.2) is 39.8 Å². The summed E-state index contributed by atoms with van der Waals surface area (Å²) in [5.41, 5.74) is 0.286. The quantitative estimate of drug-likeness (QED) is 0.242. The van der Waals surface area contributed by atoms with E-state index in [1.54, 1.807) is 42.5 Å². The summed E-state index contributed by atoms with van der Waals surface area (Å²) in [7, 11) is 0. The fourth-order valence-corrected chi connectivity index (χ4v) is 5.56. The topological polar surface area (TPSA) is 68.7 Å². The van der Waals surface area contributed by atoms with Gasteiger partial charge in [0.1, 0.15) is 18.1 Å². The zero-order chi connectivity index (χ0) is 25.2. The van der Waals surface area contributed by atoms with Gasteiger partial charge in [-0.1, -0.05) is 48.7 Å². The summed E-state index contributed by atoms with van der Waals surface area (Å²) in [6.07, 6.45) is -0.00154. The lowest BCUT2D eigenvalue weighted by Gasteiger charge is -2.45. The number of thiol groups is 1. The summed E-state index contributed by atoms with van der Waals surface area (Å²) in [6, 6.07) is 14.1. The van der Waals surface area contributed by atoms with E-state index >= 15 is 0 Å². The van der Waals surface area contributed by atoms with E-state index in [1.165, 1.54) is 15.6 Å². The lowest BCUT2D eigenvalue weighted by atomic mass is 9.75. The van der Waals surface area contributed by atoms with Crippen molar-refractivity contribution in [3.63, 3.8) is 0 Å². The van der Waals surface area contributed by atoms with E-state index in [0.717, 1.165) is 5.56 Å². The van der Waals surface area contributed by atoms with Crippen LogP contribution < -0.4 is 4.74 Å². The number of halogens is 1. The molecule has 0 radical (unpaired) electrons. The van der Waals surface area contributed by atoms with Gasteiger partial charge in [-0.25, -0.2) is 4.98 Å². The Kier molecular flexibility index (Phi) is 7.57. The van der Waals surface area contributed by atoms with E-state index in [1.807, 2.05) is 37.6 Å². The Balaban J connectivity index is 1.69. The van der Waals surface area contributed by atoms with Gasteiger partial charge in [-0.2, -0.15) is 11.3 Å². The smallest absolute Gasteiger partial charge is 0.248 e. The Morgan fingerprint density at radius 3 is 2.60 bits per heavy atom. The van der Waals surface area contributed by atoms with Gasteiger partial charge in [0.05, 0.1) is 17.9 Å². The van der Waals surface area contributed by atoms with Crippen LogP contribution in [0.4, 0.5) is 0 Å². The fourth-order valence-electron chi connectivity index (χ4n) is 4.18. The average Bonchev–Trinajstić information content (AvgIpc) is 3.35. The Morgan fingerprint density at radius 2 is 1.91 bits per heavy atom. The number of carbonyl (C=O) groups is 2. The predicted octanol–water partition coefficient (Wildman–Crippen LogP) is 5.66. The molecule has 184 valence electrons. The summed E-state index contributed by atoms with van der Waals surface area (Å²) in [5.74, 6) is -1.34. The van der Waals surface area contributed by atoms with E-state index in [-0.39, 0.29) is 17.8 Å². The molecule has 2 unspecified atom stereocenters. The predicted molar refractivity (Wildman–Crippen MR) is 140 cm³/mol. The van der Waals surface area contributed by atoms with Crippen molar-refractivity contribution in [3.05, 3.63) is 81.1 Å². The lowest BCUT2D eigenvalue weighted by molar-refractivity contribution is -0.142. The van der Waals surface area contributed by atoms with Crippen molar-refractivity contribution in [1.29, 1.82) is 0 Å². The number of aromatic nitrogens is 1. The van der Waals surface area contributed by atoms with Gasteiger partial charge in [-0.15, -0.1) is 0 Å². The van der Waals surface area contributed by atoms with E-state index in [9.17, 15) is 9.59 Å². The zero-order valence-corrected chi connectivity index (χ0v) is 22.2. The number of carbonyl (C=O) groups excluding carboxylic acids is 2. The largest absolute Gasteiger partial charge is 0.475 e. The SMILES string of the molecule is CC(C)(C)OCCOc1cccc(C2(c3ccsc3)CC(=O)C(c3ccccc3Cl)C(=O)N2S)n1. The van der Waals surface area contributed by atoms with E-state index < -0.39 is 17.4 Å². The monoisotopic (exact) mass is 530 g/mol. The number of hydrogen-bond acceptors (Lipinski definition) is 7.